The quantitative estimate of drug-likeness (QED) is 0.585. The standard InChI is InChI=1S/C22H21ClN2O4S/c1-25(15-16-8-11-18(29-2)12-9-16)22(26)20-13-10-17(14-21(20)23)24-30(27,28)19-6-4-3-5-7-19/h3-14,24H,15H2,1-2H3. The molecule has 3 aromatic rings. The van der Waals surface area contributed by atoms with E-state index in [-0.39, 0.29) is 27.1 Å². The summed E-state index contributed by atoms with van der Waals surface area (Å²) in [6.07, 6.45) is 0. The van der Waals surface area contributed by atoms with Crippen LogP contribution in [0.3, 0.4) is 0 Å². The zero-order valence-corrected chi connectivity index (χ0v) is 18.1. The van der Waals surface area contributed by atoms with Gasteiger partial charge in [0.25, 0.3) is 15.9 Å². The first kappa shape index (κ1) is 21.7. The van der Waals surface area contributed by atoms with Crippen LogP contribution >= 0.6 is 11.6 Å². The highest BCUT2D eigenvalue weighted by molar-refractivity contribution is 7.92. The predicted molar refractivity (Wildman–Crippen MR) is 117 cm³/mol. The lowest BCUT2D eigenvalue weighted by Crippen LogP contribution is -2.26. The summed E-state index contributed by atoms with van der Waals surface area (Å²) in [4.78, 5) is 14.5. The highest BCUT2D eigenvalue weighted by atomic mass is 35.5. The molecular weight excluding hydrogens is 424 g/mol. The number of hydrogen-bond acceptors (Lipinski definition) is 4. The number of sulfonamides is 1. The zero-order valence-electron chi connectivity index (χ0n) is 16.5. The van der Waals surface area contributed by atoms with E-state index in [1.807, 2.05) is 24.3 Å². The summed E-state index contributed by atoms with van der Waals surface area (Å²) in [6, 6.07) is 19.9. The second kappa shape index (κ2) is 9.19. The van der Waals surface area contributed by atoms with Gasteiger partial charge in [0.05, 0.1) is 28.3 Å². The molecular formula is C22H21ClN2O4S. The number of nitrogens with zero attached hydrogens (tertiary/aromatic N) is 1. The number of nitrogens with one attached hydrogen (secondary N) is 1. The SMILES string of the molecule is COc1ccc(CN(C)C(=O)c2ccc(NS(=O)(=O)c3ccccc3)cc2Cl)cc1. The van der Waals surface area contributed by atoms with Crippen molar-refractivity contribution in [3.63, 3.8) is 0 Å². The fourth-order valence-electron chi connectivity index (χ4n) is 2.85. The molecule has 0 aromatic heterocycles. The summed E-state index contributed by atoms with van der Waals surface area (Å²) in [6.45, 7) is 0.390. The van der Waals surface area contributed by atoms with E-state index in [0.29, 0.717) is 6.54 Å². The van der Waals surface area contributed by atoms with E-state index in [9.17, 15) is 13.2 Å². The summed E-state index contributed by atoms with van der Waals surface area (Å²) >= 11 is 6.29. The Kier molecular flexibility index (Phi) is 6.64. The molecule has 0 fully saturated rings. The maximum Gasteiger partial charge on any atom is 0.261 e. The largest absolute Gasteiger partial charge is 0.497 e. The van der Waals surface area contributed by atoms with Gasteiger partial charge in [-0.1, -0.05) is 41.9 Å². The van der Waals surface area contributed by atoms with Gasteiger partial charge in [-0.25, -0.2) is 8.42 Å². The van der Waals surface area contributed by atoms with Gasteiger partial charge < -0.3 is 9.64 Å². The molecule has 6 nitrogen and oxygen atoms in total. The molecule has 0 heterocycles. The fraction of sp³-hybridized carbons (Fsp3) is 0.136. The van der Waals surface area contributed by atoms with Gasteiger partial charge in [0.2, 0.25) is 0 Å². The second-order valence-corrected chi connectivity index (χ2v) is 8.71. The summed E-state index contributed by atoms with van der Waals surface area (Å²) in [5.41, 5.74) is 1.50. The Morgan fingerprint density at radius 3 is 2.30 bits per heavy atom. The monoisotopic (exact) mass is 444 g/mol. The summed E-state index contributed by atoms with van der Waals surface area (Å²) in [5.74, 6) is 0.470. The Labute approximate surface area is 181 Å². The van der Waals surface area contributed by atoms with E-state index in [1.165, 1.54) is 35.2 Å². The van der Waals surface area contributed by atoms with Crippen molar-refractivity contribution in [2.24, 2.45) is 0 Å². The number of carbonyl (C=O) groups is 1. The van der Waals surface area contributed by atoms with Gasteiger partial charge in [-0.3, -0.25) is 9.52 Å². The molecule has 0 radical (unpaired) electrons. The number of hydrogen-bond donors (Lipinski definition) is 1. The van der Waals surface area contributed by atoms with Gasteiger partial charge >= 0.3 is 0 Å². The maximum absolute atomic E-state index is 12.8. The molecule has 8 heteroatoms. The van der Waals surface area contributed by atoms with E-state index in [1.54, 1.807) is 32.4 Å². The third-order valence-electron chi connectivity index (χ3n) is 4.43. The summed E-state index contributed by atoms with van der Waals surface area (Å²) in [7, 11) is -0.471. The zero-order chi connectivity index (χ0) is 21.7. The van der Waals surface area contributed by atoms with Gasteiger partial charge in [-0.05, 0) is 48.0 Å². The first-order valence-electron chi connectivity index (χ1n) is 9.06. The number of benzene rings is 3. The molecule has 156 valence electrons. The number of halogens is 1. The van der Waals surface area contributed by atoms with Crippen LogP contribution in [0.4, 0.5) is 5.69 Å². The van der Waals surface area contributed by atoms with Gasteiger partial charge in [-0.15, -0.1) is 0 Å². The average Bonchev–Trinajstić information content (AvgIpc) is 2.74. The fourth-order valence-corrected chi connectivity index (χ4v) is 4.18. The molecule has 3 rings (SSSR count). The van der Waals surface area contributed by atoms with Crippen molar-refractivity contribution in [3.8, 4) is 5.75 Å². The van der Waals surface area contributed by atoms with E-state index >= 15 is 0 Å². The van der Waals surface area contributed by atoms with Crippen molar-refractivity contribution in [3.05, 3.63) is 88.9 Å². The maximum atomic E-state index is 12.8. The Bertz CT molecular complexity index is 1130. The minimum Gasteiger partial charge on any atom is -0.497 e. The summed E-state index contributed by atoms with van der Waals surface area (Å²) in [5, 5.41) is 0.162. The van der Waals surface area contributed by atoms with Crippen LogP contribution in [0.2, 0.25) is 5.02 Å². The second-order valence-electron chi connectivity index (χ2n) is 6.62. The molecule has 1 N–H and O–H groups in total. The third-order valence-corrected chi connectivity index (χ3v) is 6.14. The van der Waals surface area contributed by atoms with Crippen LogP contribution in [-0.4, -0.2) is 33.4 Å². The van der Waals surface area contributed by atoms with Gasteiger partial charge in [-0.2, -0.15) is 0 Å². The van der Waals surface area contributed by atoms with Gasteiger partial charge in [0, 0.05) is 13.6 Å². The van der Waals surface area contributed by atoms with Crippen LogP contribution in [-0.2, 0) is 16.6 Å². The van der Waals surface area contributed by atoms with Crippen molar-refractivity contribution in [2.45, 2.75) is 11.4 Å². The van der Waals surface area contributed by atoms with Crippen molar-refractivity contribution in [2.75, 3.05) is 18.9 Å². The molecule has 0 spiro atoms. The smallest absolute Gasteiger partial charge is 0.261 e. The van der Waals surface area contributed by atoms with Gasteiger partial charge in [0.1, 0.15) is 5.75 Å². The Hall–Kier alpha value is -3.03. The van der Waals surface area contributed by atoms with Crippen molar-refractivity contribution < 1.29 is 17.9 Å². The molecule has 0 bridgehead atoms. The van der Waals surface area contributed by atoms with Crippen LogP contribution in [0, 0.1) is 0 Å². The number of anilines is 1. The van der Waals surface area contributed by atoms with Crippen LogP contribution in [0.25, 0.3) is 0 Å². The van der Waals surface area contributed by atoms with Crippen LogP contribution < -0.4 is 9.46 Å². The van der Waals surface area contributed by atoms with E-state index in [2.05, 4.69) is 4.72 Å². The van der Waals surface area contributed by atoms with E-state index in [4.69, 9.17) is 16.3 Å². The molecule has 0 aliphatic heterocycles. The molecule has 0 aliphatic rings. The molecule has 0 saturated heterocycles. The minimum absolute atomic E-state index is 0.139. The molecule has 3 aromatic carbocycles. The van der Waals surface area contributed by atoms with Gasteiger partial charge in [0.15, 0.2) is 0 Å². The Balaban J connectivity index is 1.73. The normalized spacial score (nSPS) is 11.0. The lowest BCUT2D eigenvalue weighted by Gasteiger charge is -2.19. The minimum atomic E-state index is -3.74. The van der Waals surface area contributed by atoms with Crippen LogP contribution in [0.5, 0.6) is 5.75 Å². The highest BCUT2D eigenvalue weighted by Crippen LogP contribution is 2.25. The third kappa shape index (κ3) is 5.11. The first-order valence-corrected chi connectivity index (χ1v) is 10.9. The highest BCUT2D eigenvalue weighted by Gasteiger charge is 2.18. The number of carbonyl (C=O) groups excluding carboxylic acids is 1. The van der Waals surface area contributed by atoms with Crippen LogP contribution in [0.1, 0.15) is 15.9 Å². The van der Waals surface area contributed by atoms with Crippen molar-refractivity contribution in [1.29, 1.82) is 0 Å². The lowest BCUT2D eigenvalue weighted by molar-refractivity contribution is 0.0785. The van der Waals surface area contributed by atoms with Crippen LogP contribution in [0.15, 0.2) is 77.7 Å². The first-order chi connectivity index (χ1) is 14.3. The van der Waals surface area contributed by atoms with E-state index < -0.39 is 10.0 Å². The van der Waals surface area contributed by atoms with Crippen molar-refractivity contribution >= 4 is 33.2 Å². The Morgan fingerprint density at radius 2 is 1.70 bits per heavy atom. The number of rotatable bonds is 7. The molecule has 30 heavy (non-hydrogen) atoms. The molecule has 1 amide bonds. The Morgan fingerprint density at radius 1 is 1.03 bits per heavy atom. The number of amides is 1. The predicted octanol–water partition coefficient (Wildman–Crippen LogP) is 4.42. The van der Waals surface area contributed by atoms with Crippen molar-refractivity contribution in [1.82, 2.24) is 4.90 Å². The van der Waals surface area contributed by atoms with E-state index in [0.717, 1.165) is 11.3 Å². The molecule has 0 unspecified atom stereocenters. The topological polar surface area (TPSA) is 75.7 Å². The number of methoxy groups -OCH3 is 1. The summed E-state index contributed by atoms with van der Waals surface area (Å²) < 4.78 is 32.5. The number of ether oxygens (including phenoxy) is 1. The molecule has 0 saturated carbocycles. The lowest BCUT2D eigenvalue weighted by atomic mass is 10.1. The average molecular weight is 445 g/mol. The molecule has 0 atom stereocenters. The molecule has 0 aliphatic carbocycles.